The van der Waals surface area contributed by atoms with Gasteiger partial charge in [0.15, 0.2) is 0 Å². The number of benzene rings is 1. The van der Waals surface area contributed by atoms with Gasteiger partial charge < -0.3 is 9.80 Å². The predicted molar refractivity (Wildman–Crippen MR) is 109 cm³/mol. The molecular formula is C20H28N4OS. The van der Waals surface area contributed by atoms with E-state index in [4.69, 9.17) is 0 Å². The highest BCUT2D eigenvalue weighted by atomic mass is 32.1. The van der Waals surface area contributed by atoms with Crippen molar-refractivity contribution in [1.29, 1.82) is 0 Å². The molecule has 1 aromatic carbocycles. The molecule has 26 heavy (non-hydrogen) atoms. The number of piperidine rings is 1. The highest BCUT2D eigenvalue weighted by Gasteiger charge is 2.36. The Kier molecular flexibility index (Phi) is 4.65. The number of urea groups is 1. The van der Waals surface area contributed by atoms with Gasteiger partial charge in [-0.1, -0.05) is 0 Å². The average molecular weight is 373 g/mol. The molecule has 1 aromatic heterocycles. The summed E-state index contributed by atoms with van der Waals surface area (Å²) in [6.45, 7) is 6.57. The zero-order valence-corrected chi connectivity index (χ0v) is 16.7. The van der Waals surface area contributed by atoms with Crippen LogP contribution >= 0.6 is 12.6 Å². The van der Waals surface area contributed by atoms with Gasteiger partial charge in [0.1, 0.15) is 0 Å². The first-order chi connectivity index (χ1) is 12.5. The van der Waals surface area contributed by atoms with Gasteiger partial charge in [0.05, 0.1) is 5.52 Å². The summed E-state index contributed by atoms with van der Waals surface area (Å²) in [5, 5.41) is 1.32. The molecule has 0 saturated carbocycles. The standard InChI is InChI=1S/C20H28N4OS/c1-4-23(5-2)20(25)21-24-12-13-9-17-15(7-6-8-22(17)3)16-10-14(26)11-18(24)19(13)16/h10-12,15,17,26H,4-9H2,1-3H3,(H,21,25)/t15-,17-/m1/s1. The van der Waals surface area contributed by atoms with Crippen LogP contribution in [0.2, 0.25) is 0 Å². The molecule has 0 unspecified atom stereocenters. The average Bonchev–Trinajstić information content (AvgIpc) is 2.95. The molecule has 4 rings (SSSR count). The van der Waals surface area contributed by atoms with E-state index >= 15 is 0 Å². The minimum Gasteiger partial charge on any atom is -0.324 e. The summed E-state index contributed by atoms with van der Waals surface area (Å²) >= 11 is 4.66. The largest absolute Gasteiger partial charge is 0.336 e. The van der Waals surface area contributed by atoms with Crippen LogP contribution in [0.4, 0.5) is 4.79 Å². The minimum atomic E-state index is -0.0571. The van der Waals surface area contributed by atoms with Crippen molar-refractivity contribution in [3.8, 4) is 0 Å². The number of rotatable bonds is 3. The summed E-state index contributed by atoms with van der Waals surface area (Å²) < 4.78 is 1.91. The Morgan fingerprint density at radius 2 is 2.12 bits per heavy atom. The van der Waals surface area contributed by atoms with Crippen LogP contribution < -0.4 is 5.43 Å². The van der Waals surface area contributed by atoms with Crippen molar-refractivity contribution in [2.75, 3.05) is 32.1 Å². The van der Waals surface area contributed by atoms with Gasteiger partial charge in [-0.25, -0.2) is 10.2 Å². The van der Waals surface area contributed by atoms with E-state index in [9.17, 15) is 4.79 Å². The number of likely N-dealkylation sites (tertiary alicyclic amines) is 1. The van der Waals surface area contributed by atoms with Gasteiger partial charge in [-0.3, -0.25) is 4.68 Å². The fourth-order valence-electron chi connectivity index (χ4n) is 4.80. The van der Waals surface area contributed by atoms with E-state index in [1.807, 2.05) is 18.5 Å². The first-order valence-electron chi connectivity index (χ1n) is 9.66. The molecule has 6 heteroatoms. The first kappa shape index (κ1) is 17.7. The number of likely N-dealkylation sites (N-methyl/N-ethyl adjacent to an activating group) is 1. The molecule has 1 aliphatic heterocycles. The molecular weight excluding hydrogens is 344 g/mol. The monoisotopic (exact) mass is 372 g/mol. The number of carbonyl (C=O) groups excluding carboxylic acids is 1. The van der Waals surface area contributed by atoms with Crippen LogP contribution in [0.5, 0.6) is 0 Å². The highest BCUT2D eigenvalue weighted by molar-refractivity contribution is 7.80. The SMILES string of the molecule is CCN(CC)C(=O)Nn1cc2c3c(cc(S)cc31)[C@H]1CCCN(C)[C@@H]1C2. The third kappa shape index (κ3) is 2.79. The Morgan fingerprint density at radius 3 is 2.85 bits per heavy atom. The molecule has 1 aliphatic carbocycles. The van der Waals surface area contributed by atoms with E-state index in [-0.39, 0.29) is 6.03 Å². The number of aromatic nitrogens is 1. The number of fused-ring (bicyclic) bond motifs is 2. The lowest BCUT2D eigenvalue weighted by atomic mass is 9.75. The fourth-order valence-corrected chi connectivity index (χ4v) is 5.06. The quantitative estimate of drug-likeness (QED) is 0.807. The van der Waals surface area contributed by atoms with Crippen LogP contribution in [0.25, 0.3) is 10.9 Å². The third-order valence-corrected chi connectivity index (χ3v) is 6.41. The summed E-state index contributed by atoms with van der Waals surface area (Å²) in [5.41, 5.74) is 6.87. The normalized spacial score (nSPS) is 22.3. The molecule has 2 heterocycles. The number of carbonyl (C=O) groups is 1. The molecule has 1 saturated heterocycles. The second-order valence-corrected chi connectivity index (χ2v) is 8.06. The summed E-state index contributed by atoms with van der Waals surface area (Å²) in [4.78, 5) is 17.8. The third-order valence-electron chi connectivity index (χ3n) is 6.15. The number of hydrogen-bond donors (Lipinski definition) is 2. The summed E-state index contributed by atoms with van der Waals surface area (Å²) in [7, 11) is 2.24. The van der Waals surface area contributed by atoms with Gasteiger partial charge in [-0.2, -0.15) is 0 Å². The first-order valence-corrected chi connectivity index (χ1v) is 10.1. The molecule has 2 aromatic rings. The van der Waals surface area contributed by atoms with E-state index in [0.29, 0.717) is 25.0 Å². The second kappa shape index (κ2) is 6.82. The van der Waals surface area contributed by atoms with Crippen molar-refractivity contribution in [2.45, 2.75) is 50.0 Å². The smallest absolute Gasteiger partial charge is 0.324 e. The summed E-state index contributed by atoms with van der Waals surface area (Å²) in [5.74, 6) is 0.560. The topological polar surface area (TPSA) is 40.5 Å². The van der Waals surface area contributed by atoms with Crippen molar-refractivity contribution in [2.24, 2.45) is 0 Å². The Balaban J connectivity index is 1.79. The molecule has 5 nitrogen and oxygen atoms in total. The minimum absolute atomic E-state index is 0.0571. The maximum absolute atomic E-state index is 12.6. The van der Waals surface area contributed by atoms with Gasteiger partial charge in [0.2, 0.25) is 0 Å². The maximum Gasteiger partial charge on any atom is 0.336 e. The number of nitrogens with one attached hydrogen (secondary N) is 1. The van der Waals surface area contributed by atoms with E-state index < -0.39 is 0 Å². The van der Waals surface area contributed by atoms with E-state index in [0.717, 1.165) is 16.8 Å². The lowest BCUT2D eigenvalue weighted by Crippen LogP contribution is -2.44. The van der Waals surface area contributed by atoms with Gasteiger partial charge in [0, 0.05) is 41.5 Å². The molecule has 1 N–H and O–H groups in total. The molecule has 2 aliphatic rings. The van der Waals surface area contributed by atoms with Crippen molar-refractivity contribution >= 4 is 29.6 Å². The van der Waals surface area contributed by atoms with Crippen molar-refractivity contribution in [1.82, 2.24) is 14.5 Å². The van der Waals surface area contributed by atoms with Gasteiger partial charge in [-0.05, 0) is 70.0 Å². The molecule has 0 bridgehead atoms. The van der Waals surface area contributed by atoms with Crippen LogP contribution in [-0.2, 0) is 6.42 Å². The van der Waals surface area contributed by atoms with Crippen molar-refractivity contribution in [3.05, 3.63) is 29.5 Å². The number of thiol groups is 1. The summed E-state index contributed by atoms with van der Waals surface area (Å²) in [6.07, 6.45) is 5.63. The zero-order chi connectivity index (χ0) is 18.4. The Hall–Kier alpha value is -1.66. The number of nitrogens with zero attached hydrogens (tertiary/aromatic N) is 3. The van der Waals surface area contributed by atoms with Crippen LogP contribution in [0.3, 0.4) is 0 Å². The molecule has 140 valence electrons. The predicted octanol–water partition coefficient (Wildman–Crippen LogP) is 3.67. The lowest BCUT2D eigenvalue weighted by Gasteiger charge is -2.42. The van der Waals surface area contributed by atoms with Gasteiger partial charge >= 0.3 is 6.03 Å². The zero-order valence-electron chi connectivity index (χ0n) is 15.8. The van der Waals surface area contributed by atoms with Gasteiger partial charge in [0.25, 0.3) is 0 Å². The van der Waals surface area contributed by atoms with E-state index in [1.54, 1.807) is 4.90 Å². The summed E-state index contributed by atoms with van der Waals surface area (Å²) in [6, 6.07) is 4.80. The molecule has 2 amide bonds. The lowest BCUT2D eigenvalue weighted by molar-refractivity contribution is 0.157. The Morgan fingerprint density at radius 1 is 1.35 bits per heavy atom. The molecule has 0 radical (unpaired) electrons. The molecule has 0 spiro atoms. The number of hydrogen-bond acceptors (Lipinski definition) is 3. The van der Waals surface area contributed by atoms with E-state index in [2.05, 4.69) is 48.3 Å². The maximum atomic E-state index is 12.6. The number of amides is 2. The fraction of sp³-hybridized carbons (Fsp3) is 0.550. The van der Waals surface area contributed by atoms with Crippen molar-refractivity contribution in [3.63, 3.8) is 0 Å². The molecule has 1 fully saturated rings. The highest BCUT2D eigenvalue weighted by Crippen LogP contribution is 2.44. The van der Waals surface area contributed by atoms with Crippen LogP contribution in [-0.4, -0.2) is 53.2 Å². The van der Waals surface area contributed by atoms with Gasteiger partial charge in [-0.15, -0.1) is 12.6 Å². The van der Waals surface area contributed by atoms with Crippen LogP contribution in [0, 0.1) is 0 Å². The Labute approximate surface area is 160 Å². The van der Waals surface area contributed by atoms with E-state index in [1.165, 1.54) is 35.9 Å². The van der Waals surface area contributed by atoms with Crippen LogP contribution in [0.1, 0.15) is 43.7 Å². The molecule has 2 atom stereocenters. The van der Waals surface area contributed by atoms with Crippen molar-refractivity contribution < 1.29 is 4.79 Å². The second-order valence-electron chi connectivity index (χ2n) is 7.54. The Bertz CT molecular complexity index is 842. The van der Waals surface area contributed by atoms with Crippen LogP contribution in [0.15, 0.2) is 23.2 Å².